The number of alkyl halides is 3. The molecule has 2 heterocycles. The van der Waals surface area contributed by atoms with E-state index in [0.29, 0.717) is 5.17 Å². The van der Waals surface area contributed by atoms with Crippen LogP contribution in [0.3, 0.4) is 0 Å². The zero-order valence-electron chi connectivity index (χ0n) is 17.8. The van der Waals surface area contributed by atoms with Crippen molar-refractivity contribution in [3.8, 4) is 5.75 Å². The number of rotatable bonds is 7. The fraction of sp³-hybridized carbons (Fsp3) is 0.364. The molecule has 12 heteroatoms. The van der Waals surface area contributed by atoms with Crippen LogP contribution in [0.4, 0.5) is 18.9 Å². The average Bonchev–Trinajstić information content (AvgIpc) is 3.24. The normalized spacial score (nSPS) is 21.0. The molecule has 0 bridgehead atoms. The maximum Gasteiger partial charge on any atom is 0.416 e. The van der Waals surface area contributed by atoms with E-state index >= 15 is 0 Å². The fourth-order valence-electron chi connectivity index (χ4n) is 3.61. The maximum absolute atomic E-state index is 12.7. The molecule has 2 aromatic rings. The molecule has 2 aliphatic heterocycles. The van der Waals surface area contributed by atoms with Crippen LogP contribution >= 0.6 is 11.8 Å². The lowest BCUT2D eigenvalue weighted by atomic mass is 10.1. The molecule has 2 aliphatic rings. The summed E-state index contributed by atoms with van der Waals surface area (Å²) in [7, 11) is -2.99. The zero-order chi connectivity index (χ0) is 24.3. The number of aliphatic imine (C=N–C) groups is 1. The molecule has 0 aliphatic carbocycles. The number of anilines is 1. The number of hydrogen-bond donors (Lipinski definition) is 2. The molecular weight excluding hydrogens is 491 g/mol. The minimum Gasteiger partial charge on any atom is -0.492 e. The van der Waals surface area contributed by atoms with Crippen LogP contribution in [0.2, 0.25) is 0 Å². The molecule has 34 heavy (non-hydrogen) atoms. The number of fused-ring (bicyclic) bond motifs is 1. The van der Waals surface area contributed by atoms with Gasteiger partial charge in [0.2, 0.25) is 5.91 Å². The molecule has 0 aromatic heterocycles. The van der Waals surface area contributed by atoms with Crippen LogP contribution < -0.4 is 15.4 Å². The summed E-state index contributed by atoms with van der Waals surface area (Å²) in [6.07, 6.45) is -4.30. The number of sulfone groups is 1. The van der Waals surface area contributed by atoms with E-state index in [9.17, 15) is 26.4 Å². The van der Waals surface area contributed by atoms with Gasteiger partial charge in [0, 0.05) is 10.9 Å². The molecule has 1 saturated heterocycles. The van der Waals surface area contributed by atoms with E-state index in [1.54, 1.807) is 12.1 Å². The van der Waals surface area contributed by atoms with Crippen molar-refractivity contribution in [1.29, 1.82) is 0 Å². The van der Waals surface area contributed by atoms with E-state index in [-0.39, 0.29) is 54.0 Å². The Hall–Kier alpha value is -2.73. The topological polar surface area (TPSA) is 96.9 Å². The fourth-order valence-corrected chi connectivity index (χ4v) is 7.29. The first-order valence-corrected chi connectivity index (χ1v) is 13.2. The molecule has 4 rings (SSSR count). The highest BCUT2D eigenvalue weighted by Gasteiger charge is 2.42. The van der Waals surface area contributed by atoms with Gasteiger partial charge in [-0.15, -0.1) is 0 Å². The van der Waals surface area contributed by atoms with Crippen molar-refractivity contribution in [2.75, 3.05) is 30.0 Å². The van der Waals surface area contributed by atoms with Crippen LogP contribution in [-0.4, -0.2) is 55.4 Å². The summed E-state index contributed by atoms with van der Waals surface area (Å²) in [6.45, 7) is 0.197. The lowest BCUT2D eigenvalue weighted by Crippen LogP contribution is -2.29. The van der Waals surface area contributed by atoms with Gasteiger partial charge in [0.15, 0.2) is 15.0 Å². The largest absolute Gasteiger partial charge is 0.492 e. The van der Waals surface area contributed by atoms with Crippen LogP contribution in [0.1, 0.15) is 11.1 Å². The van der Waals surface area contributed by atoms with E-state index in [1.807, 2.05) is 12.1 Å². The van der Waals surface area contributed by atoms with Crippen LogP contribution in [0.25, 0.3) is 0 Å². The second-order valence-corrected chi connectivity index (χ2v) is 11.3. The Bertz CT molecular complexity index is 1180. The zero-order valence-corrected chi connectivity index (χ0v) is 19.5. The predicted octanol–water partition coefficient (Wildman–Crippen LogP) is 3.12. The van der Waals surface area contributed by atoms with Gasteiger partial charge >= 0.3 is 6.18 Å². The number of nitrogens with one attached hydrogen (secondary N) is 2. The van der Waals surface area contributed by atoms with Gasteiger partial charge in [-0.05, 0) is 35.9 Å². The monoisotopic (exact) mass is 513 g/mol. The number of halogens is 3. The summed E-state index contributed by atoms with van der Waals surface area (Å²) in [4.78, 5) is 16.6. The Labute approximate surface area is 199 Å². The van der Waals surface area contributed by atoms with Gasteiger partial charge in [-0.3, -0.25) is 9.79 Å². The highest BCUT2D eigenvalue weighted by atomic mass is 32.2. The maximum atomic E-state index is 12.7. The van der Waals surface area contributed by atoms with Gasteiger partial charge in [-0.25, -0.2) is 8.42 Å². The number of amidine groups is 1. The molecule has 0 radical (unpaired) electrons. The Morgan fingerprint density at radius 2 is 1.91 bits per heavy atom. The van der Waals surface area contributed by atoms with Crippen LogP contribution in [-0.2, 0) is 27.2 Å². The van der Waals surface area contributed by atoms with Crippen LogP contribution in [0.5, 0.6) is 5.75 Å². The molecule has 2 aromatic carbocycles. The third-order valence-electron chi connectivity index (χ3n) is 5.24. The summed E-state index contributed by atoms with van der Waals surface area (Å²) >= 11 is 1.43. The van der Waals surface area contributed by atoms with E-state index in [2.05, 4.69) is 15.6 Å². The van der Waals surface area contributed by atoms with E-state index in [1.165, 1.54) is 23.9 Å². The van der Waals surface area contributed by atoms with Crippen LogP contribution in [0, 0.1) is 0 Å². The molecule has 2 N–H and O–H groups in total. The highest BCUT2D eigenvalue weighted by molar-refractivity contribution is 8.15. The van der Waals surface area contributed by atoms with Crippen molar-refractivity contribution in [2.24, 2.45) is 4.99 Å². The number of thioether (sulfide) groups is 1. The number of benzene rings is 2. The summed E-state index contributed by atoms with van der Waals surface area (Å²) in [5.74, 6) is 0.0887. The van der Waals surface area contributed by atoms with Gasteiger partial charge in [-0.2, -0.15) is 13.2 Å². The summed E-state index contributed by atoms with van der Waals surface area (Å²) < 4.78 is 66.8. The van der Waals surface area contributed by atoms with Crippen molar-refractivity contribution in [3.05, 3.63) is 59.7 Å². The smallest absolute Gasteiger partial charge is 0.416 e. The Kier molecular flexibility index (Phi) is 7.08. The number of hydrogen-bond acceptors (Lipinski definition) is 7. The second kappa shape index (κ2) is 9.87. The van der Waals surface area contributed by atoms with Crippen molar-refractivity contribution >= 4 is 38.4 Å². The minimum atomic E-state index is -4.44. The third kappa shape index (κ3) is 6.44. The summed E-state index contributed by atoms with van der Waals surface area (Å²) in [5.41, 5.74) is 0.778. The molecule has 182 valence electrons. The number of amides is 1. The number of nitrogens with zero attached hydrogens (tertiary/aromatic N) is 1. The van der Waals surface area contributed by atoms with E-state index < -0.39 is 21.6 Å². The van der Waals surface area contributed by atoms with Gasteiger partial charge in [-0.1, -0.05) is 30.0 Å². The summed E-state index contributed by atoms with van der Waals surface area (Å²) in [6, 6.07) is 11.6. The second-order valence-electron chi connectivity index (χ2n) is 7.96. The Morgan fingerprint density at radius 1 is 1.15 bits per heavy atom. The molecule has 0 saturated carbocycles. The lowest BCUT2D eigenvalue weighted by Gasteiger charge is -2.11. The summed E-state index contributed by atoms with van der Waals surface area (Å²) in [5, 5.41) is 6.51. The average molecular weight is 514 g/mol. The first-order chi connectivity index (χ1) is 16.1. The molecule has 0 unspecified atom stereocenters. The molecule has 0 spiro atoms. The number of carbonyl (C=O) groups excluding carboxylic acids is 1. The lowest BCUT2D eigenvalue weighted by molar-refractivity contribution is -0.137. The van der Waals surface area contributed by atoms with Gasteiger partial charge in [0.05, 0.1) is 36.1 Å². The van der Waals surface area contributed by atoms with E-state index in [0.717, 1.165) is 23.4 Å². The highest BCUT2D eigenvalue weighted by Crippen LogP contribution is 2.34. The predicted molar refractivity (Wildman–Crippen MR) is 125 cm³/mol. The molecular formula is C22H22F3N3O4S2. The van der Waals surface area contributed by atoms with Gasteiger partial charge in [0.1, 0.15) is 12.4 Å². The van der Waals surface area contributed by atoms with Crippen LogP contribution in [0.15, 0.2) is 53.5 Å². The molecule has 1 amide bonds. The minimum absolute atomic E-state index is 0.0342. The number of carbonyl (C=O) groups is 1. The first kappa shape index (κ1) is 24.4. The molecule has 7 nitrogen and oxygen atoms in total. The Balaban J connectivity index is 1.19. The standard InChI is InChI=1S/C22H22F3N3O4S2/c23-22(24,25)15-2-1-3-17(11-15)32-9-8-26-20(29)10-14-4-6-16(7-5-14)27-21-28-18-12-34(30,31)13-19(18)33-21/h1-7,11,18-19H,8-10,12-13H2,(H,26,29)(H,27,28)/t18-,19+/m1/s1. The Morgan fingerprint density at radius 3 is 2.62 bits per heavy atom. The quantitative estimate of drug-likeness (QED) is 0.553. The molecule has 2 atom stereocenters. The van der Waals surface area contributed by atoms with Crippen molar-refractivity contribution in [3.63, 3.8) is 0 Å². The van der Waals surface area contributed by atoms with Crippen molar-refractivity contribution in [1.82, 2.24) is 5.32 Å². The first-order valence-electron chi connectivity index (χ1n) is 10.4. The van der Waals surface area contributed by atoms with Gasteiger partial charge < -0.3 is 15.4 Å². The SMILES string of the molecule is O=C(Cc1ccc(NC2=N[C@@H]3CS(=O)(=O)C[C@@H]3S2)cc1)NCCOc1cccc(C(F)(F)F)c1. The van der Waals surface area contributed by atoms with E-state index in [4.69, 9.17) is 4.74 Å². The van der Waals surface area contributed by atoms with Gasteiger partial charge in [0.25, 0.3) is 0 Å². The third-order valence-corrected chi connectivity index (χ3v) is 8.38. The van der Waals surface area contributed by atoms with Crippen molar-refractivity contribution in [2.45, 2.75) is 23.9 Å². The molecule has 1 fully saturated rings. The number of ether oxygens (including phenoxy) is 1. The van der Waals surface area contributed by atoms with Crippen molar-refractivity contribution < 1.29 is 31.1 Å².